The first kappa shape index (κ1) is 13.5. The second kappa shape index (κ2) is 6.35. The lowest BCUT2D eigenvalue weighted by Crippen LogP contribution is -2.42. The molecule has 0 bridgehead atoms. The molecule has 1 saturated heterocycles. The van der Waals surface area contributed by atoms with Crippen molar-refractivity contribution in [2.24, 2.45) is 0 Å². The summed E-state index contributed by atoms with van der Waals surface area (Å²) in [6, 6.07) is 6.56. The number of hydrogen-bond acceptors (Lipinski definition) is 4. The molecule has 0 radical (unpaired) electrons. The first-order valence-electron chi connectivity index (χ1n) is 7.46. The Balaban J connectivity index is 1.72. The Kier molecular flexibility index (Phi) is 4.30. The van der Waals surface area contributed by atoms with E-state index >= 15 is 0 Å². The van der Waals surface area contributed by atoms with Gasteiger partial charge in [-0.25, -0.2) is 4.98 Å². The maximum atomic E-state index is 4.60. The number of imidazole rings is 1. The van der Waals surface area contributed by atoms with Crippen molar-refractivity contribution >= 4 is 11.0 Å². The van der Waals surface area contributed by atoms with Crippen molar-refractivity contribution in [3.8, 4) is 0 Å². The summed E-state index contributed by atoms with van der Waals surface area (Å²) in [5, 5.41) is 6.69. The number of aromatic amines is 1. The number of fused-ring (bicyclic) bond motifs is 1. The van der Waals surface area contributed by atoms with Gasteiger partial charge in [0.1, 0.15) is 5.82 Å². The zero-order chi connectivity index (χ0) is 13.8. The van der Waals surface area contributed by atoms with Crippen LogP contribution in [-0.2, 0) is 13.1 Å². The number of nitrogens with one attached hydrogen (secondary N) is 3. The van der Waals surface area contributed by atoms with Gasteiger partial charge in [-0.15, -0.1) is 0 Å². The van der Waals surface area contributed by atoms with Gasteiger partial charge in [-0.05, 0) is 24.2 Å². The smallest absolute Gasteiger partial charge is 0.121 e. The van der Waals surface area contributed by atoms with E-state index in [-0.39, 0.29) is 0 Å². The van der Waals surface area contributed by atoms with E-state index in [0.29, 0.717) is 0 Å². The summed E-state index contributed by atoms with van der Waals surface area (Å²) < 4.78 is 0. The van der Waals surface area contributed by atoms with Crippen molar-refractivity contribution in [1.82, 2.24) is 25.5 Å². The highest BCUT2D eigenvalue weighted by Crippen LogP contribution is 2.15. The molecule has 0 spiro atoms. The molecule has 3 rings (SSSR count). The van der Waals surface area contributed by atoms with Crippen LogP contribution >= 0.6 is 0 Å². The van der Waals surface area contributed by atoms with Gasteiger partial charge in [0.25, 0.3) is 0 Å². The highest BCUT2D eigenvalue weighted by Gasteiger charge is 2.10. The molecule has 1 aliphatic rings. The summed E-state index contributed by atoms with van der Waals surface area (Å²) in [6.45, 7) is 9.36. The molecule has 5 heteroatoms. The molecule has 0 aliphatic carbocycles. The van der Waals surface area contributed by atoms with Crippen LogP contribution in [0.2, 0.25) is 0 Å². The summed E-state index contributed by atoms with van der Waals surface area (Å²) in [4.78, 5) is 10.5. The van der Waals surface area contributed by atoms with E-state index < -0.39 is 0 Å². The van der Waals surface area contributed by atoms with E-state index in [1.165, 1.54) is 5.56 Å². The fraction of sp³-hybridized carbons (Fsp3) is 0.533. The van der Waals surface area contributed by atoms with Gasteiger partial charge in [-0.2, -0.15) is 0 Å². The lowest BCUT2D eigenvalue weighted by atomic mass is 10.2. The van der Waals surface area contributed by atoms with Crippen LogP contribution in [-0.4, -0.2) is 47.6 Å². The number of H-pyrrole nitrogens is 1. The lowest BCUT2D eigenvalue weighted by molar-refractivity contribution is 0.233. The molecule has 0 amide bonds. The third-order valence-electron chi connectivity index (χ3n) is 3.75. The van der Waals surface area contributed by atoms with Crippen LogP contribution in [0.5, 0.6) is 0 Å². The average molecular weight is 273 g/mol. The Bertz CT molecular complexity index is 556. The first-order chi connectivity index (χ1) is 9.85. The third kappa shape index (κ3) is 3.17. The molecule has 5 nitrogen and oxygen atoms in total. The minimum atomic E-state index is 0.804. The van der Waals surface area contributed by atoms with Crippen LogP contribution in [0.1, 0.15) is 18.3 Å². The van der Waals surface area contributed by atoms with Crippen LogP contribution in [0.4, 0.5) is 0 Å². The van der Waals surface area contributed by atoms with Gasteiger partial charge in [0.2, 0.25) is 0 Å². The van der Waals surface area contributed by atoms with E-state index in [1.807, 2.05) is 0 Å². The van der Waals surface area contributed by atoms with Crippen molar-refractivity contribution in [2.45, 2.75) is 20.0 Å². The molecule has 108 valence electrons. The number of nitrogens with zero attached hydrogens (tertiary/aromatic N) is 2. The fourth-order valence-electron chi connectivity index (χ4n) is 2.66. The lowest BCUT2D eigenvalue weighted by Gasteiger charge is -2.27. The molecule has 0 unspecified atom stereocenters. The van der Waals surface area contributed by atoms with Crippen molar-refractivity contribution in [2.75, 3.05) is 32.7 Å². The highest BCUT2D eigenvalue weighted by atomic mass is 15.2. The molecule has 2 heterocycles. The predicted octanol–water partition coefficient (Wildman–Crippen LogP) is 1.08. The molecular formula is C15H23N5. The van der Waals surface area contributed by atoms with Crippen molar-refractivity contribution in [3.05, 3.63) is 29.6 Å². The highest BCUT2D eigenvalue weighted by molar-refractivity contribution is 5.75. The van der Waals surface area contributed by atoms with E-state index in [9.17, 15) is 0 Å². The largest absolute Gasteiger partial charge is 0.341 e. The molecule has 2 aromatic rings. The van der Waals surface area contributed by atoms with Crippen LogP contribution in [0.25, 0.3) is 11.0 Å². The number of aromatic nitrogens is 2. The van der Waals surface area contributed by atoms with Crippen LogP contribution < -0.4 is 10.6 Å². The Morgan fingerprint density at radius 3 is 2.95 bits per heavy atom. The summed E-state index contributed by atoms with van der Waals surface area (Å²) in [7, 11) is 0. The number of benzene rings is 1. The molecule has 1 fully saturated rings. The fourth-order valence-corrected chi connectivity index (χ4v) is 2.66. The monoisotopic (exact) mass is 273 g/mol. The van der Waals surface area contributed by atoms with Gasteiger partial charge >= 0.3 is 0 Å². The van der Waals surface area contributed by atoms with Crippen molar-refractivity contribution < 1.29 is 0 Å². The van der Waals surface area contributed by atoms with Gasteiger partial charge in [0, 0.05) is 32.7 Å². The molecular weight excluding hydrogens is 250 g/mol. The molecule has 1 aliphatic heterocycles. The van der Waals surface area contributed by atoms with Gasteiger partial charge in [0.15, 0.2) is 0 Å². The standard InChI is InChI=1S/C15H23N5/c1-2-16-10-15-18-13-4-3-12(9-14(13)19-15)11-20-7-5-17-6-8-20/h3-4,9,16-17H,2,5-8,10-11H2,1H3,(H,18,19). The van der Waals surface area contributed by atoms with Crippen molar-refractivity contribution in [1.29, 1.82) is 0 Å². The Morgan fingerprint density at radius 1 is 1.30 bits per heavy atom. The molecule has 0 saturated carbocycles. The number of hydrogen-bond donors (Lipinski definition) is 3. The number of rotatable bonds is 5. The minimum Gasteiger partial charge on any atom is -0.341 e. The zero-order valence-corrected chi connectivity index (χ0v) is 12.1. The van der Waals surface area contributed by atoms with Gasteiger partial charge in [0.05, 0.1) is 17.6 Å². The molecule has 3 N–H and O–H groups in total. The quantitative estimate of drug-likeness (QED) is 0.763. The average Bonchev–Trinajstić information content (AvgIpc) is 2.88. The summed E-state index contributed by atoms with van der Waals surface area (Å²) >= 11 is 0. The number of piperazine rings is 1. The van der Waals surface area contributed by atoms with E-state index in [0.717, 1.165) is 62.7 Å². The van der Waals surface area contributed by atoms with E-state index in [2.05, 4.69) is 50.6 Å². The van der Waals surface area contributed by atoms with Crippen LogP contribution in [0, 0.1) is 0 Å². The topological polar surface area (TPSA) is 56.0 Å². The van der Waals surface area contributed by atoms with Gasteiger partial charge in [-0.1, -0.05) is 13.0 Å². The summed E-state index contributed by atoms with van der Waals surface area (Å²) in [5.74, 6) is 1.01. The molecule has 1 aromatic carbocycles. The maximum absolute atomic E-state index is 4.60. The molecule has 0 atom stereocenters. The van der Waals surface area contributed by atoms with Crippen molar-refractivity contribution in [3.63, 3.8) is 0 Å². The van der Waals surface area contributed by atoms with Gasteiger partial charge in [-0.3, -0.25) is 4.90 Å². The molecule has 20 heavy (non-hydrogen) atoms. The second-order valence-electron chi connectivity index (χ2n) is 5.34. The predicted molar refractivity (Wildman–Crippen MR) is 81.6 cm³/mol. The zero-order valence-electron chi connectivity index (χ0n) is 12.1. The second-order valence-corrected chi connectivity index (χ2v) is 5.34. The SMILES string of the molecule is CCNCc1nc2ccc(CN3CCNCC3)cc2[nH]1. The Labute approximate surface area is 119 Å². The summed E-state index contributed by atoms with van der Waals surface area (Å²) in [5.41, 5.74) is 3.56. The van der Waals surface area contributed by atoms with Crippen LogP contribution in [0.3, 0.4) is 0 Å². The summed E-state index contributed by atoms with van der Waals surface area (Å²) in [6.07, 6.45) is 0. The Hall–Kier alpha value is -1.43. The minimum absolute atomic E-state index is 0.804. The van der Waals surface area contributed by atoms with Gasteiger partial charge < -0.3 is 15.6 Å². The van der Waals surface area contributed by atoms with E-state index in [1.54, 1.807) is 0 Å². The van der Waals surface area contributed by atoms with E-state index in [4.69, 9.17) is 0 Å². The normalized spacial score (nSPS) is 16.9. The molecule has 1 aromatic heterocycles. The maximum Gasteiger partial charge on any atom is 0.121 e. The van der Waals surface area contributed by atoms with Crippen LogP contribution in [0.15, 0.2) is 18.2 Å². The third-order valence-corrected chi connectivity index (χ3v) is 3.75. The first-order valence-corrected chi connectivity index (χ1v) is 7.46. The Morgan fingerprint density at radius 2 is 2.15 bits per heavy atom.